The molecule has 0 aliphatic heterocycles. The minimum Gasteiger partial charge on any atom is -0.147 e. The van der Waals surface area contributed by atoms with Crippen molar-refractivity contribution in [2.45, 2.75) is 6.42 Å². The Morgan fingerprint density at radius 1 is 0.579 bits per heavy atom. The molecule has 0 aliphatic carbocycles. The van der Waals surface area contributed by atoms with Crippen molar-refractivity contribution >= 4 is 52.6 Å². The molecule has 0 aromatic heterocycles. The van der Waals surface area contributed by atoms with Crippen LogP contribution in [0.4, 0.5) is 0 Å². The van der Waals surface area contributed by atoms with Crippen LogP contribution in [-0.2, 0) is 0 Å². The minimum absolute atomic E-state index is 0. The summed E-state index contributed by atoms with van der Waals surface area (Å²) in [5, 5.41) is 2.99. The van der Waals surface area contributed by atoms with Crippen molar-refractivity contribution in [1.29, 1.82) is 0 Å². The van der Waals surface area contributed by atoms with Crippen LogP contribution in [0.3, 0.4) is 0 Å². The molecule has 4 heteroatoms. The predicted molar refractivity (Wildman–Crippen MR) is 97.6 cm³/mol. The van der Waals surface area contributed by atoms with Gasteiger partial charge >= 0.3 is 0 Å². The first-order valence-corrected chi connectivity index (χ1v) is 8.44. The first-order valence-electron chi connectivity index (χ1n) is 6.03. The van der Waals surface area contributed by atoms with Gasteiger partial charge in [-0.05, 0) is 29.4 Å². The Labute approximate surface area is 132 Å². The van der Waals surface area contributed by atoms with E-state index in [9.17, 15) is 0 Å². The SMILES string of the molecule is Cl.Cl.c1ccc(PCCCPc2ccccc2)cc1. The van der Waals surface area contributed by atoms with E-state index >= 15 is 0 Å². The van der Waals surface area contributed by atoms with Gasteiger partial charge in [-0.2, -0.15) is 0 Å². The second-order valence-electron chi connectivity index (χ2n) is 3.94. The highest BCUT2D eigenvalue weighted by Gasteiger charge is 1.94. The van der Waals surface area contributed by atoms with Crippen LogP contribution in [0.25, 0.3) is 0 Å². The third kappa shape index (κ3) is 7.91. The van der Waals surface area contributed by atoms with Crippen LogP contribution in [0.1, 0.15) is 6.42 Å². The van der Waals surface area contributed by atoms with Gasteiger partial charge in [-0.1, -0.05) is 77.8 Å². The zero-order valence-electron chi connectivity index (χ0n) is 10.7. The smallest absolute Gasteiger partial charge is 0.0271 e. The fourth-order valence-corrected chi connectivity index (χ4v) is 4.16. The van der Waals surface area contributed by atoms with E-state index in [0.717, 1.165) is 17.2 Å². The Hall–Kier alpha value is -0.120. The molecule has 0 nitrogen and oxygen atoms in total. The molecule has 0 radical (unpaired) electrons. The molecule has 2 rings (SSSR count). The van der Waals surface area contributed by atoms with E-state index in [0.29, 0.717) is 0 Å². The number of hydrogen-bond acceptors (Lipinski definition) is 0. The van der Waals surface area contributed by atoms with Crippen molar-refractivity contribution in [3.8, 4) is 0 Å². The molecule has 0 heterocycles. The molecule has 0 spiro atoms. The highest BCUT2D eigenvalue weighted by molar-refractivity contribution is 7.48. The average molecular weight is 333 g/mol. The summed E-state index contributed by atoms with van der Waals surface area (Å²) >= 11 is 0. The van der Waals surface area contributed by atoms with E-state index in [4.69, 9.17) is 0 Å². The standard InChI is InChI=1S/C15H18P2.2ClH/c1-3-8-14(9-4-1)16-12-7-13-17-15-10-5-2-6-11-15;;/h1-6,8-11,16-17H,7,12-13H2;2*1H. The van der Waals surface area contributed by atoms with Gasteiger partial charge in [0.2, 0.25) is 0 Å². The van der Waals surface area contributed by atoms with Crippen molar-refractivity contribution < 1.29 is 0 Å². The fraction of sp³-hybridized carbons (Fsp3) is 0.200. The molecule has 0 bridgehead atoms. The van der Waals surface area contributed by atoms with Crippen molar-refractivity contribution in [3.05, 3.63) is 60.7 Å². The third-order valence-corrected chi connectivity index (χ3v) is 5.25. The summed E-state index contributed by atoms with van der Waals surface area (Å²) in [5.74, 6) is 0. The van der Waals surface area contributed by atoms with Crippen LogP contribution in [0, 0.1) is 0 Å². The third-order valence-electron chi connectivity index (χ3n) is 2.56. The maximum absolute atomic E-state index is 2.23. The lowest BCUT2D eigenvalue weighted by Gasteiger charge is -2.03. The van der Waals surface area contributed by atoms with Crippen molar-refractivity contribution in [3.63, 3.8) is 0 Å². The molecule has 0 amide bonds. The van der Waals surface area contributed by atoms with Crippen molar-refractivity contribution in [2.24, 2.45) is 0 Å². The Morgan fingerprint density at radius 3 is 1.32 bits per heavy atom. The summed E-state index contributed by atoms with van der Waals surface area (Å²) in [6.07, 6.45) is 4.02. The second-order valence-corrected chi connectivity index (χ2v) is 6.80. The molecule has 2 atom stereocenters. The molecule has 2 aromatic rings. The predicted octanol–water partition coefficient (Wildman–Crippen LogP) is 4.23. The highest BCUT2D eigenvalue weighted by atomic mass is 35.5. The first kappa shape index (κ1) is 18.9. The molecular weight excluding hydrogens is 313 g/mol. The number of benzene rings is 2. The van der Waals surface area contributed by atoms with Gasteiger partial charge in [0.15, 0.2) is 0 Å². The van der Waals surface area contributed by atoms with E-state index in [1.165, 1.54) is 29.4 Å². The summed E-state index contributed by atoms with van der Waals surface area (Å²) in [6.45, 7) is 0. The van der Waals surface area contributed by atoms with Crippen molar-refractivity contribution in [1.82, 2.24) is 0 Å². The van der Waals surface area contributed by atoms with Crippen LogP contribution in [0.15, 0.2) is 60.7 Å². The van der Waals surface area contributed by atoms with Crippen molar-refractivity contribution in [2.75, 3.05) is 12.3 Å². The maximum atomic E-state index is 2.23. The molecule has 0 fully saturated rings. The van der Waals surface area contributed by atoms with Crippen LogP contribution in [-0.4, -0.2) is 12.3 Å². The maximum Gasteiger partial charge on any atom is -0.0271 e. The summed E-state index contributed by atoms with van der Waals surface area (Å²) in [5.41, 5.74) is 0. The quantitative estimate of drug-likeness (QED) is 0.548. The minimum atomic E-state index is 0. The second kappa shape index (κ2) is 11.7. The zero-order valence-corrected chi connectivity index (χ0v) is 14.3. The lowest BCUT2D eigenvalue weighted by molar-refractivity contribution is 1.12. The fourth-order valence-electron chi connectivity index (χ4n) is 1.67. The highest BCUT2D eigenvalue weighted by Crippen LogP contribution is 2.16. The van der Waals surface area contributed by atoms with E-state index in [2.05, 4.69) is 60.7 Å². The van der Waals surface area contributed by atoms with Crippen LogP contribution in [0.2, 0.25) is 0 Å². The molecule has 0 saturated heterocycles. The summed E-state index contributed by atoms with van der Waals surface area (Å²) in [6, 6.07) is 21.6. The molecule has 0 saturated carbocycles. The van der Waals surface area contributed by atoms with Crippen LogP contribution >= 0.6 is 42.0 Å². The van der Waals surface area contributed by atoms with E-state index < -0.39 is 0 Å². The van der Waals surface area contributed by atoms with Gasteiger partial charge in [0.1, 0.15) is 0 Å². The first-order chi connectivity index (χ1) is 8.45. The monoisotopic (exact) mass is 332 g/mol. The number of hydrogen-bond donors (Lipinski definition) is 0. The summed E-state index contributed by atoms with van der Waals surface area (Å²) in [7, 11) is 1.95. The Balaban J connectivity index is 0.00000162. The van der Waals surface area contributed by atoms with Crippen LogP contribution in [0.5, 0.6) is 0 Å². The summed E-state index contributed by atoms with van der Waals surface area (Å²) in [4.78, 5) is 0. The number of rotatable bonds is 6. The Kier molecular flexibility index (Phi) is 11.6. The van der Waals surface area contributed by atoms with Gasteiger partial charge < -0.3 is 0 Å². The lowest BCUT2D eigenvalue weighted by atomic mass is 10.4. The molecule has 2 unspecified atom stereocenters. The Morgan fingerprint density at radius 2 is 0.947 bits per heavy atom. The average Bonchev–Trinajstić information content (AvgIpc) is 2.41. The lowest BCUT2D eigenvalue weighted by Crippen LogP contribution is -1.96. The van der Waals surface area contributed by atoms with E-state index in [1.54, 1.807) is 0 Å². The summed E-state index contributed by atoms with van der Waals surface area (Å²) < 4.78 is 0. The van der Waals surface area contributed by atoms with E-state index in [-0.39, 0.29) is 24.8 Å². The normalized spacial score (nSPS) is 10.5. The zero-order chi connectivity index (χ0) is 11.8. The van der Waals surface area contributed by atoms with Gasteiger partial charge in [-0.25, -0.2) is 0 Å². The Bertz CT molecular complexity index is 379. The van der Waals surface area contributed by atoms with Gasteiger partial charge in [0.05, 0.1) is 0 Å². The number of halogens is 2. The van der Waals surface area contributed by atoms with Crippen LogP contribution < -0.4 is 10.6 Å². The molecule has 104 valence electrons. The van der Waals surface area contributed by atoms with Gasteiger partial charge in [-0.15, -0.1) is 24.8 Å². The molecular formula is C15H20Cl2P2. The largest absolute Gasteiger partial charge is 0.147 e. The molecule has 0 aliphatic rings. The molecule has 2 aromatic carbocycles. The van der Waals surface area contributed by atoms with Gasteiger partial charge in [0.25, 0.3) is 0 Å². The van der Waals surface area contributed by atoms with E-state index in [1.807, 2.05) is 0 Å². The van der Waals surface area contributed by atoms with Gasteiger partial charge in [0, 0.05) is 0 Å². The molecule has 19 heavy (non-hydrogen) atoms. The van der Waals surface area contributed by atoms with Gasteiger partial charge in [-0.3, -0.25) is 0 Å². The topological polar surface area (TPSA) is 0 Å². The molecule has 0 N–H and O–H groups in total.